The lowest BCUT2D eigenvalue weighted by Gasteiger charge is -2.32. The maximum atomic E-state index is 15.2. The van der Waals surface area contributed by atoms with Gasteiger partial charge in [-0.15, -0.1) is 0 Å². The molecule has 1 saturated carbocycles. The number of hydrogen-bond acceptors (Lipinski definition) is 7. The number of hydrogen-bond donors (Lipinski definition) is 2. The fraction of sp³-hybridized carbons (Fsp3) is 0.407. The number of nitriles is 1. The predicted molar refractivity (Wildman–Crippen MR) is 143 cm³/mol. The molecule has 0 bridgehead atoms. The first-order valence-corrected chi connectivity index (χ1v) is 13.1. The van der Waals surface area contributed by atoms with Crippen molar-refractivity contribution in [2.45, 2.75) is 45.4 Å². The average Bonchev–Trinajstić information content (AvgIpc) is 3.76. The van der Waals surface area contributed by atoms with Crippen molar-refractivity contribution in [1.82, 2.24) is 19.0 Å². The first kappa shape index (κ1) is 27.9. The molecule has 0 radical (unpaired) electrons. The summed E-state index contributed by atoms with van der Waals surface area (Å²) < 4.78 is 37.0. The molecule has 12 nitrogen and oxygen atoms in total. The van der Waals surface area contributed by atoms with Crippen LogP contribution in [0.3, 0.4) is 0 Å². The Morgan fingerprint density at radius 1 is 1.17 bits per heavy atom. The van der Waals surface area contributed by atoms with Gasteiger partial charge in [0.2, 0.25) is 0 Å². The van der Waals surface area contributed by atoms with Crippen molar-refractivity contribution in [3.05, 3.63) is 62.6 Å². The molecule has 2 fully saturated rings. The third kappa shape index (κ3) is 5.66. The van der Waals surface area contributed by atoms with E-state index in [0.717, 1.165) is 31.2 Å². The maximum absolute atomic E-state index is 15.2. The van der Waals surface area contributed by atoms with Gasteiger partial charge < -0.3 is 20.3 Å². The van der Waals surface area contributed by atoms with Crippen molar-refractivity contribution in [2.24, 2.45) is 5.92 Å². The molecule has 2 aromatic heterocycles. The van der Waals surface area contributed by atoms with Crippen LogP contribution in [0, 0.1) is 28.9 Å². The number of urea groups is 1. The minimum Gasteiger partial charge on any atom is -0.365 e. The van der Waals surface area contributed by atoms with Crippen molar-refractivity contribution in [3.8, 4) is 6.07 Å². The second kappa shape index (κ2) is 11.1. The minimum atomic E-state index is -1.12. The summed E-state index contributed by atoms with van der Waals surface area (Å²) in [7, 11) is 0. The number of ether oxygens (including phenoxy) is 1. The van der Waals surface area contributed by atoms with E-state index in [1.807, 2.05) is 0 Å². The maximum Gasteiger partial charge on any atom is 0.331 e. The summed E-state index contributed by atoms with van der Waals surface area (Å²) in [5.74, 6) is -2.17. The highest BCUT2D eigenvalue weighted by Gasteiger charge is 2.31. The monoisotopic (exact) mass is 567 g/mol. The third-order valence-electron chi connectivity index (χ3n) is 7.01. The van der Waals surface area contributed by atoms with E-state index in [4.69, 9.17) is 10.00 Å². The number of aromatic nitrogens is 3. The molecule has 0 unspecified atom stereocenters. The van der Waals surface area contributed by atoms with E-state index in [9.17, 15) is 23.6 Å². The van der Waals surface area contributed by atoms with Gasteiger partial charge in [0.15, 0.2) is 17.6 Å². The van der Waals surface area contributed by atoms with Gasteiger partial charge in [-0.05, 0) is 38.7 Å². The van der Waals surface area contributed by atoms with Gasteiger partial charge in [0.25, 0.3) is 11.5 Å². The molecule has 1 saturated heterocycles. The smallest absolute Gasteiger partial charge is 0.331 e. The first-order chi connectivity index (χ1) is 19.6. The fourth-order valence-electron chi connectivity index (χ4n) is 4.71. The molecule has 3 aromatic rings. The van der Waals surface area contributed by atoms with Crippen LogP contribution in [0.5, 0.6) is 0 Å². The Morgan fingerprint density at radius 2 is 1.93 bits per heavy atom. The first-order valence-electron chi connectivity index (χ1n) is 13.1. The van der Waals surface area contributed by atoms with Crippen LogP contribution < -0.4 is 21.9 Å². The van der Waals surface area contributed by atoms with Gasteiger partial charge in [0.1, 0.15) is 11.9 Å². The molecule has 1 atom stereocenters. The van der Waals surface area contributed by atoms with Gasteiger partial charge in [0.05, 0.1) is 41.6 Å². The SMILES string of the molecule is CC(C)n1c(=O)n(CC2CC2)c(=O)c2cc(NC(=O)N3CCO[C@@H](C(=O)Nc4cnc(C#N)c(F)c4)C3)c(F)cc21. The predicted octanol–water partition coefficient (Wildman–Crippen LogP) is 2.57. The molecule has 2 aliphatic rings. The third-order valence-corrected chi connectivity index (χ3v) is 7.01. The highest BCUT2D eigenvalue weighted by atomic mass is 19.1. The van der Waals surface area contributed by atoms with Crippen molar-refractivity contribution >= 4 is 34.2 Å². The zero-order valence-corrected chi connectivity index (χ0v) is 22.3. The van der Waals surface area contributed by atoms with Crippen LogP contribution >= 0.6 is 0 Å². The Hall–Kier alpha value is -4.64. The lowest BCUT2D eigenvalue weighted by molar-refractivity contribution is -0.131. The number of carbonyl (C=O) groups excluding carboxylic acids is 2. The molecular formula is C27H27F2N7O5. The summed E-state index contributed by atoms with van der Waals surface area (Å²) in [5.41, 5.74) is -1.59. The largest absolute Gasteiger partial charge is 0.365 e. The number of benzene rings is 1. The Balaban J connectivity index is 1.35. The lowest BCUT2D eigenvalue weighted by atomic mass is 10.2. The van der Waals surface area contributed by atoms with Gasteiger partial charge in [-0.2, -0.15) is 5.26 Å². The average molecular weight is 568 g/mol. The van der Waals surface area contributed by atoms with Crippen LogP contribution in [-0.2, 0) is 16.1 Å². The molecule has 1 aromatic carbocycles. The molecule has 3 heterocycles. The highest BCUT2D eigenvalue weighted by molar-refractivity contribution is 5.96. The van der Waals surface area contributed by atoms with E-state index < -0.39 is 46.6 Å². The summed E-state index contributed by atoms with van der Waals surface area (Å²) in [6.07, 6.45) is 1.85. The van der Waals surface area contributed by atoms with E-state index in [1.165, 1.54) is 20.1 Å². The van der Waals surface area contributed by atoms with E-state index in [0.29, 0.717) is 0 Å². The molecule has 2 N–H and O–H groups in total. The van der Waals surface area contributed by atoms with E-state index >= 15 is 4.39 Å². The summed E-state index contributed by atoms with van der Waals surface area (Å²) in [4.78, 5) is 57.0. The number of pyridine rings is 1. The van der Waals surface area contributed by atoms with E-state index in [2.05, 4.69) is 15.6 Å². The van der Waals surface area contributed by atoms with Crippen LogP contribution in [0.2, 0.25) is 0 Å². The van der Waals surface area contributed by atoms with Crippen molar-refractivity contribution < 1.29 is 23.1 Å². The molecule has 214 valence electrons. The number of amides is 3. The summed E-state index contributed by atoms with van der Waals surface area (Å²) in [5, 5.41) is 13.8. The van der Waals surface area contributed by atoms with Crippen LogP contribution in [0.25, 0.3) is 10.9 Å². The molecule has 14 heteroatoms. The molecular weight excluding hydrogens is 540 g/mol. The van der Waals surface area contributed by atoms with Gasteiger partial charge >= 0.3 is 11.7 Å². The van der Waals surface area contributed by atoms with Crippen LogP contribution in [-0.4, -0.2) is 56.8 Å². The van der Waals surface area contributed by atoms with Crippen molar-refractivity contribution in [1.29, 1.82) is 5.26 Å². The number of anilines is 2. The van der Waals surface area contributed by atoms with Crippen LogP contribution in [0.15, 0.2) is 34.0 Å². The van der Waals surface area contributed by atoms with Crippen molar-refractivity contribution in [3.63, 3.8) is 0 Å². The fourth-order valence-corrected chi connectivity index (χ4v) is 4.71. The second-order valence-corrected chi connectivity index (χ2v) is 10.3. The lowest BCUT2D eigenvalue weighted by Crippen LogP contribution is -2.51. The summed E-state index contributed by atoms with van der Waals surface area (Å²) >= 11 is 0. The Bertz CT molecular complexity index is 1710. The molecule has 41 heavy (non-hydrogen) atoms. The Labute approximate surface area is 232 Å². The number of nitrogens with one attached hydrogen (secondary N) is 2. The molecule has 3 amide bonds. The number of nitrogens with zero attached hydrogens (tertiary/aromatic N) is 5. The van der Waals surface area contributed by atoms with E-state index in [1.54, 1.807) is 19.9 Å². The Morgan fingerprint density at radius 3 is 2.59 bits per heavy atom. The zero-order chi connectivity index (χ0) is 29.4. The zero-order valence-electron chi connectivity index (χ0n) is 22.3. The van der Waals surface area contributed by atoms with Gasteiger partial charge in [-0.25, -0.2) is 23.4 Å². The standard InChI is InChI=1S/C27H27F2N7O5/c1-14(2)36-22-9-19(29)20(8-17(22)25(38)35(27(36)40)12-15-3-4-15)33-26(39)34-5-6-41-23(13-34)24(37)32-16-7-18(28)21(10-30)31-11-16/h7-9,11,14-15,23H,3-6,12-13H2,1-2H3,(H,32,37)(H,33,39)/t23-/m1/s1. The normalized spacial score (nSPS) is 17.0. The summed E-state index contributed by atoms with van der Waals surface area (Å²) in [6, 6.07) is 3.74. The Kier molecular flexibility index (Phi) is 7.55. The second-order valence-electron chi connectivity index (χ2n) is 10.3. The molecule has 1 aliphatic heterocycles. The van der Waals surface area contributed by atoms with Gasteiger partial charge in [-0.3, -0.25) is 18.7 Å². The summed E-state index contributed by atoms with van der Waals surface area (Å²) in [6.45, 7) is 3.71. The number of fused-ring (bicyclic) bond motifs is 1. The number of halogens is 2. The number of morpholine rings is 1. The minimum absolute atomic E-state index is 0.00176. The number of carbonyl (C=O) groups is 2. The molecule has 5 rings (SSSR count). The topological polar surface area (TPSA) is 151 Å². The quantitative estimate of drug-likeness (QED) is 0.465. The highest BCUT2D eigenvalue weighted by Crippen LogP contribution is 2.30. The van der Waals surface area contributed by atoms with Crippen molar-refractivity contribution in [2.75, 3.05) is 30.3 Å². The number of rotatable bonds is 6. The van der Waals surface area contributed by atoms with Crippen LogP contribution in [0.4, 0.5) is 25.0 Å². The van der Waals surface area contributed by atoms with Gasteiger partial charge in [0, 0.05) is 31.3 Å². The van der Waals surface area contributed by atoms with Crippen LogP contribution in [0.1, 0.15) is 38.4 Å². The molecule has 1 aliphatic carbocycles. The molecule has 0 spiro atoms. The van der Waals surface area contributed by atoms with E-state index in [-0.39, 0.29) is 60.5 Å². The van der Waals surface area contributed by atoms with Gasteiger partial charge in [-0.1, -0.05) is 0 Å².